The molecule has 2 heterocycles. The number of pyridine rings is 1. The van der Waals surface area contributed by atoms with Crippen molar-refractivity contribution in [1.29, 1.82) is 0 Å². The summed E-state index contributed by atoms with van der Waals surface area (Å²) in [5.41, 5.74) is 0.449. The SMILES string of the molecule is CCNc1cc(C(=O)NCCC2CCCO2)c(Cl)cn1. The number of hydrogen-bond acceptors (Lipinski definition) is 4. The third-order valence-electron chi connectivity index (χ3n) is 3.23. The van der Waals surface area contributed by atoms with E-state index in [0.717, 1.165) is 32.4 Å². The number of carbonyl (C=O) groups is 1. The highest BCUT2D eigenvalue weighted by Crippen LogP contribution is 2.18. The third-order valence-corrected chi connectivity index (χ3v) is 3.53. The topological polar surface area (TPSA) is 63.2 Å². The molecule has 1 aliphatic heterocycles. The van der Waals surface area contributed by atoms with Gasteiger partial charge in [0.25, 0.3) is 5.91 Å². The molecular weight excluding hydrogens is 278 g/mol. The maximum atomic E-state index is 12.1. The van der Waals surface area contributed by atoms with Crippen LogP contribution in [0.4, 0.5) is 5.82 Å². The molecule has 0 radical (unpaired) electrons. The summed E-state index contributed by atoms with van der Waals surface area (Å²) in [5, 5.41) is 6.30. The maximum Gasteiger partial charge on any atom is 0.252 e. The molecule has 1 unspecified atom stereocenters. The summed E-state index contributed by atoms with van der Waals surface area (Å²) in [6.07, 6.45) is 4.81. The van der Waals surface area contributed by atoms with Crippen LogP contribution in [0.3, 0.4) is 0 Å². The molecule has 1 atom stereocenters. The van der Waals surface area contributed by atoms with Gasteiger partial charge in [-0.05, 0) is 32.3 Å². The summed E-state index contributed by atoms with van der Waals surface area (Å²) in [5.74, 6) is 0.482. The van der Waals surface area contributed by atoms with E-state index in [9.17, 15) is 4.79 Å². The standard InChI is InChI=1S/C14H20ClN3O2/c1-2-16-13-8-11(12(15)9-18-13)14(19)17-6-5-10-4-3-7-20-10/h8-10H,2-7H2,1H3,(H,16,18)(H,17,19). The van der Waals surface area contributed by atoms with E-state index in [-0.39, 0.29) is 12.0 Å². The predicted octanol–water partition coefficient (Wildman–Crippen LogP) is 2.47. The Bertz CT molecular complexity index is 462. The number of nitrogens with one attached hydrogen (secondary N) is 2. The second-order valence-electron chi connectivity index (χ2n) is 4.76. The molecule has 5 nitrogen and oxygen atoms in total. The molecule has 1 amide bonds. The Labute approximate surface area is 124 Å². The zero-order valence-electron chi connectivity index (χ0n) is 11.6. The van der Waals surface area contributed by atoms with Crippen molar-refractivity contribution in [3.63, 3.8) is 0 Å². The van der Waals surface area contributed by atoms with Crippen LogP contribution in [-0.2, 0) is 4.74 Å². The molecule has 0 aliphatic carbocycles. The molecule has 1 aliphatic rings. The van der Waals surface area contributed by atoms with Gasteiger partial charge in [0.2, 0.25) is 0 Å². The molecule has 0 bridgehead atoms. The fourth-order valence-electron chi connectivity index (χ4n) is 2.20. The summed E-state index contributed by atoms with van der Waals surface area (Å²) in [6, 6.07) is 1.67. The fourth-order valence-corrected chi connectivity index (χ4v) is 2.39. The Morgan fingerprint density at radius 2 is 2.45 bits per heavy atom. The Morgan fingerprint density at radius 1 is 1.60 bits per heavy atom. The van der Waals surface area contributed by atoms with Gasteiger partial charge in [-0.15, -0.1) is 0 Å². The van der Waals surface area contributed by atoms with E-state index < -0.39 is 0 Å². The maximum absolute atomic E-state index is 12.1. The van der Waals surface area contributed by atoms with Gasteiger partial charge in [0.15, 0.2) is 0 Å². The highest BCUT2D eigenvalue weighted by atomic mass is 35.5. The minimum atomic E-state index is -0.172. The zero-order valence-corrected chi connectivity index (χ0v) is 12.4. The van der Waals surface area contributed by atoms with Crippen LogP contribution < -0.4 is 10.6 Å². The molecule has 0 aromatic carbocycles. The zero-order chi connectivity index (χ0) is 14.4. The molecule has 20 heavy (non-hydrogen) atoms. The molecule has 110 valence electrons. The van der Waals surface area contributed by atoms with Gasteiger partial charge in [-0.2, -0.15) is 0 Å². The fraction of sp³-hybridized carbons (Fsp3) is 0.571. The van der Waals surface area contributed by atoms with Gasteiger partial charge in [0.1, 0.15) is 5.82 Å². The molecule has 1 fully saturated rings. The van der Waals surface area contributed by atoms with Crippen LogP contribution >= 0.6 is 11.6 Å². The van der Waals surface area contributed by atoms with Crippen molar-refractivity contribution in [3.05, 3.63) is 22.8 Å². The van der Waals surface area contributed by atoms with E-state index in [0.29, 0.717) is 22.9 Å². The monoisotopic (exact) mass is 297 g/mol. The molecule has 2 N–H and O–H groups in total. The molecule has 1 aromatic rings. The lowest BCUT2D eigenvalue weighted by molar-refractivity contribution is 0.0907. The number of ether oxygens (including phenoxy) is 1. The smallest absolute Gasteiger partial charge is 0.252 e. The van der Waals surface area contributed by atoms with Crippen molar-refractivity contribution in [2.45, 2.75) is 32.3 Å². The molecule has 1 saturated heterocycles. The molecular formula is C14H20ClN3O2. The number of amides is 1. The molecule has 1 aromatic heterocycles. The van der Waals surface area contributed by atoms with Crippen molar-refractivity contribution < 1.29 is 9.53 Å². The van der Waals surface area contributed by atoms with E-state index in [2.05, 4.69) is 15.6 Å². The largest absolute Gasteiger partial charge is 0.378 e. The second-order valence-corrected chi connectivity index (χ2v) is 5.17. The van der Waals surface area contributed by atoms with Crippen LogP contribution in [0.5, 0.6) is 0 Å². The summed E-state index contributed by atoms with van der Waals surface area (Å²) in [4.78, 5) is 16.2. The van der Waals surface area contributed by atoms with Gasteiger partial charge in [0, 0.05) is 25.9 Å². The Morgan fingerprint density at radius 3 is 3.15 bits per heavy atom. The third kappa shape index (κ3) is 4.08. The first-order chi connectivity index (χ1) is 9.70. The molecule has 0 spiro atoms. The number of nitrogens with zero attached hydrogens (tertiary/aromatic N) is 1. The number of hydrogen-bond donors (Lipinski definition) is 2. The Kier molecular flexibility index (Phi) is 5.61. The van der Waals surface area contributed by atoms with Gasteiger partial charge >= 0.3 is 0 Å². The number of halogens is 1. The average Bonchev–Trinajstić information content (AvgIpc) is 2.94. The van der Waals surface area contributed by atoms with E-state index in [1.807, 2.05) is 6.92 Å². The number of aromatic nitrogens is 1. The van der Waals surface area contributed by atoms with E-state index in [1.54, 1.807) is 6.07 Å². The Balaban J connectivity index is 1.88. The van der Waals surface area contributed by atoms with Gasteiger partial charge in [0.05, 0.1) is 16.7 Å². The molecule has 0 saturated carbocycles. The first kappa shape index (κ1) is 15.1. The summed E-state index contributed by atoms with van der Waals surface area (Å²) >= 11 is 6.02. The predicted molar refractivity (Wildman–Crippen MR) is 79.3 cm³/mol. The van der Waals surface area contributed by atoms with Crippen LogP contribution in [0.15, 0.2) is 12.3 Å². The number of carbonyl (C=O) groups excluding carboxylic acids is 1. The lowest BCUT2D eigenvalue weighted by Gasteiger charge is -2.11. The highest BCUT2D eigenvalue weighted by Gasteiger charge is 2.16. The summed E-state index contributed by atoms with van der Waals surface area (Å²) in [6.45, 7) is 4.14. The van der Waals surface area contributed by atoms with Crippen LogP contribution in [0.25, 0.3) is 0 Å². The second kappa shape index (κ2) is 7.45. The summed E-state index contributed by atoms with van der Waals surface area (Å²) in [7, 11) is 0. The first-order valence-electron chi connectivity index (χ1n) is 7.00. The Hall–Kier alpha value is -1.33. The van der Waals surface area contributed by atoms with Crippen molar-refractivity contribution >= 4 is 23.3 Å². The van der Waals surface area contributed by atoms with Crippen LogP contribution in [0.1, 0.15) is 36.5 Å². The van der Waals surface area contributed by atoms with Gasteiger partial charge < -0.3 is 15.4 Å². The van der Waals surface area contributed by atoms with Crippen molar-refractivity contribution in [1.82, 2.24) is 10.3 Å². The van der Waals surface area contributed by atoms with E-state index >= 15 is 0 Å². The van der Waals surface area contributed by atoms with Gasteiger partial charge in [-0.3, -0.25) is 4.79 Å². The quantitative estimate of drug-likeness (QED) is 0.847. The van der Waals surface area contributed by atoms with E-state index in [4.69, 9.17) is 16.3 Å². The van der Waals surface area contributed by atoms with Crippen LogP contribution in [-0.4, -0.2) is 36.7 Å². The molecule has 2 rings (SSSR count). The summed E-state index contributed by atoms with van der Waals surface area (Å²) < 4.78 is 5.52. The molecule has 6 heteroatoms. The minimum Gasteiger partial charge on any atom is -0.378 e. The number of rotatable bonds is 6. The van der Waals surface area contributed by atoms with E-state index in [1.165, 1.54) is 6.20 Å². The van der Waals surface area contributed by atoms with Crippen molar-refractivity contribution in [2.24, 2.45) is 0 Å². The average molecular weight is 298 g/mol. The van der Waals surface area contributed by atoms with Crippen LogP contribution in [0, 0.1) is 0 Å². The van der Waals surface area contributed by atoms with Gasteiger partial charge in [-0.1, -0.05) is 11.6 Å². The highest BCUT2D eigenvalue weighted by molar-refractivity contribution is 6.33. The lowest BCUT2D eigenvalue weighted by atomic mass is 10.2. The normalized spacial score (nSPS) is 18.0. The minimum absolute atomic E-state index is 0.172. The number of anilines is 1. The van der Waals surface area contributed by atoms with Crippen molar-refractivity contribution in [2.75, 3.05) is 25.0 Å². The van der Waals surface area contributed by atoms with Crippen molar-refractivity contribution in [3.8, 4) is 0 Å². The van der Waals surface area contributed by atoms with Gasteiger partial charge in [-0.25, -0.2) is 4.98 Å². The first-order valence-corrected chi connectivity index (χ1v) is 7.37. The lowest BCUT2D eigenvalue weighted by Crippen LogP contribution is -2.27. The van der Waals surface area contributed by atoms with Crippen LogP contribution in [0.2, 0.25) is 5.02 Å².